The van der Waals surface area contributed by atoms with E-state index >= 15 is 0 Å². The van der Waals surface area contributed by atoms with E-state index in [0.717, 1.165) is 19.1 Å². The lowest BCUT2D eigenvalue weighted by atomic mass is 9.80. The van der Waals surface area contributed by atoms with Gasteiger partial charge >= 0.3 is 0 Å². The van der Waals surface area contributed by atoms with E-state index in [9.17, 15) is 9.59 Å². The van der Waals surface area contributed by atoms with Gasteiger partial charge in [0.15, 0.2) is 5.12 Å². The number of aldehydes is 1. The van der Waals surface area contributed by atoms with Gasteiger partial charge in [0.2, 0.25) is 0 Å². The predicted octanol–water partition coefficient (Wildman–Crippen LogP) is 3.17. The summed E-state index contributed by atoms with van der Waals surface area (Å²) < 4.78 is 0. The third kappa shape index (κ3) is 7.37. The molecule has 0 heterocycles. The van der Waals surface area contributed by atoms with Crippen LogP contribution in [0.5, 0.6) is 0 Å². The second kappa shape index (κ2) is 6.83. The maximum absolute atomic E-state index is 11.0. The summed E-state index contributed by atoms with van der Waals surface area (Å²) in [6.45, 7) is 6.05. The van der Waals surface area contributed by atoms with Crippen LogP contribution in [0.2, 0.25) is 0 Å². The third-order valence-electron chi connectivity index (χ3n) is 2.45. The zero-order chi connectivity index (χ0) is 11.9. The first-order valence-corrected chi connectivity index (χ1v) is 5.63. The number of carbonyl (C=O) groups is 2. The smallest absolute Gasteiger partial charge is 0.186 e. The molecule has 0 aromatic rings. The molecular weight excluding hydrogens is 208 g/mol. The van der Waals surface area contributed by atoms with Crippen molar-refractivity contribution in [3.05, 3.63) is 11.6 Å². The molecule has 3 heteroatoms. The Balaban J connectivity index is 4.30. The van der Waals surface area contributed by atoms with Crippen molar-refractivity contribution in [1.29, 1.82) is 0 Å². The fourth-order valence-electron chi connectivity index (χ4n) is 1.54. The minimum absolute atomic E-state index is 0.142. The van der Waals surface area contributed by atoms with Crippen molar-refractivity contribution in [2.45, 2.75) is 46.5 Å². The monoisotopic (exact) mass is 228 g/mol. The van der Waals surface area contributed by atoms with Crippen LogP contribution in [0.4, 0.5) is 0 Å². The number of rotatable bonds is 7. The van der Waals surface area contributed by atoms with Crippen molar-refractivity contribution in [2.75, 3.05) is 0 Å². The average Bonchev–Trinajstić information content (AvgIpc) is 2.01. The normalized spacial score (nSPS) is 14.1. The summed E-state index contributed by atoms with van der Waals surface area (Å²) in [5.41, 5.74) is 1.03. The van der Waals surface area contributed by atoms with Gasteiger partial charge in [-0.15, -0.1) is 12.6 Å². The summed E-state index contributed by atoms with van der Waals surface area (Å²) in [6, 6.07) is 0. The lowest BCUT2D eigenvalue weighted by Crippen LogP contribution is -2.19. The number of carbonyl (C=O) groups excluding carboxylic acids is 2. The van der Waals surface area contributed by atoms with E-state index in [2.05, 4.69) is 18.7 Å². The van der Waals surface area contributed by atoms with E-state index in [-0.39, 0.29) is 10.5 Å². The zero-order valence-corrected chi connectivity index (χ0v) is 10.6. The maximum Gasteiger partial charge on any atom is 0.186 e. The van der Waals surface area contributed by atoms with Gasteiger partial charge in [-0.3, -0.25) is 4.79 Å². The van der Waals surface area contributed by atoms with Crippen molar-refractivity contribution >= 4 is 24.0 Å². The molecule has 0 rings (SSSR count). The molecule has 0 bridgehead atoms. The number of thiol groups is 1. The van der Waals surface area contributed by atoms with Crippen LogP contribution in [0.25, 0.3) is 0 Å². The molecule has 15 heavy (non-hydrogen) atoms. The SMILES string of the molecule is CC(C)=CCC[C@@](C)(CC=O)CC(=O)S. The molecule has 0 aliphatic rings. The van der Waals surface area contributed by atoms with Crippen LogP contribution in [-0.2, 0) is 9.59 Å². The molecule has 86 valence electrons. The average molecular weight is 228 g/mol. The van der Waals surface area contributed by atoms with E-state index in [1.165, 1.54) is 5.57 Å². The van der Waals surface area contributed by atoms with Gasteiger partial charge in [0.05, 0.1) is 0 Å². The molecule has 1 atom stereocenters. The largest absolute Gasteiger partial charge is 0.303 e. The van der Waals surface area contributed by atoms with E-state index < -0.39 is 0 Å². The van der Waals surface area contributed by atoms with Gasteiger partial charge in [0, 0.05) is 12.8 Å². The van der Waals surface area contributed by atoms with Crippen LogP contribution >= 0.6 is 12.6 Å². The van der Waals surface area contributed by atoms with Crippen LogP contribution in [0, 0.1) is 5.41 Å². The highest BCUT2D eigenvalue weighted by Crippen LogP contribution is 2.32. The van der Waals surface area contributed by atoms with Crippen LogP contribution in [0.3, 0.4) is 0 Å². The Morgan fingerprint density at radius 2 is 2.00 bits per heavy atom. The van der Waals surface area contributed by atoms with Crippen molar-refractivity contribution in [1.82, 2.24) is 0 Å². The summed E-state index contributed by atoms with van der Waals surface area (Å²) in [4.78, 5) is 21.5. The topological polar surface area (TPSA) is 34.1 Å². The molecule has 0 spiro atoms. The Labute approximate surface area is 97.5 Å². The molecule has 0 radical (unpaired) electrons. The Morgan fingerprint density at radius 3 is 2.40 bits per heavy atom. The summed E-state index contributed by atoms with van der Waals surface area (Å²) in [5, 5.41) is -0.142. The molecule has 0 N–H and O–H groups in total. The molecule has 0 fully saturated rings. The van der Waals surface area contributed by atoms with Crippen LogP contribution in [0.1, 0.15) is 46.5 Å². The van der Waals surface area contributed by atoms with Gasteiger partial charge in [-0.1, -0.05) is 18.6 Å². The van der Waals surface area contributed by atoms with Gasteiger partial charge in [-0.25, -0.2) is 0 Å². The molecule has 0 aliphatic heterocycles. The van der Waals surface area contributed by atoms with Gasteiger partial charge < -0.3 is 4.79 Å². The second-order valence-corrected chi connectivity index (χ2v) is 5.07. The first kappa shape index (κ1) is 14.4. The first-order valence-electron chi connectivity index (χ1n) is 5.18. The van der Waals surface area contributed by atoms with Crippen molar-refractivity contribution in [3.8, 4) is 0 Å². The van der Waals surface area contributed by atoms with Gasteiger partial charge in [-0.2, -0.15) is 0 Å². The van der Waals surface area contributed by atoms with Crippen molar-refractivity contribution in [2.24, 2.45) is 5.41 Å². The lowest BCUT2D eigenvalue weighted by molar-refractivity contribution is -0.114. The van der Waals surface area contributed by atoms with E-state index in [1.807, 2.05) is 20.8 Å². The summed E-state index contributed by atoms with van der Waals surface area (Å²) >= 11 is 3.78. The molecule has 0 aromatic heterocycles. The second-order valence-electron chi connectivity index (χ2n) is 4.57. The Hall–Kier alpha value is -0.570. The molecule has 0 unspecified atom stereocenters. The van der Waals surface area contributed by atoms with E-state index in [1.54, 1.807) is 0 Å². The van der Waals surface area contributed by atoms with E-state index in [0.29, 0.717) is 12.8 Å². The molecule has 0 saturated carbocycles. The highest BCUT2D eigenvalue weighted by atomic mass is 32.1. The van der Waals surface area contributed by atoms with E-state index in [4.69, 9.17) is 0 Å². The standard InChI is InChI=1S/C12H20O2S/c1-10(2)5-4-6-12(3,7-8-13)9-11(14)15/h5,8H,4,6-7,9H2,1-3H3,(H,14,15)/t12-/m0/s1. The maximum atomic E-state index is 11.0. The van der Waals surface area contributed by atoms with Crippen LogP contribution in [0.15, 0.2) is 11.6 Å². The Morgan fingerprint density at radius 1 is 1.40 bits per heavy atom. The lowest BCUT2D eigenvalue weighted by Gasteiger charge is -2.25. The van der Waals surface area contributed by atoms with Crippen LogP contribution < -0.4 is 0 Å². The third-order valence-corrected chi connectivity index (χ3v) is 2.61. The molecule has 0 saturated heterocycles. The minimum atomic E-state index is -0.230. The zero-order valence-electron chi connectivity index (χ0n) is 9.75. The summed E-state index contributed by atoms with van der Waals surface area (Å²) in [5.74, 6) is 0. The van der Waals surface area contributed by atoms with Gasteiger partial charge in [0.25, 0.3) is 0 Å². The Bertz CT molecular complexity index is 254. The number of allylic oxidation sites excluding steroid dienone is 2. The Kier molecular flexibility index (Phi) is 6.57. The highest BCUT2D eigenvalue weighted by Gasteiger charge is 2.25. The van der Waals surface area contributed by atoms with Gasteiger partial charge in [-0.05, 0) is 32.1 Å². The molecular formula is C12H20O2S. The number of hydrogen-bond donors (Lipinski definition) is 1. The first-order chi connectivity index (χ1) is 6.89. The number of hydrogen-bond acceptors (Lipinski definition) is 2. The molecule has 0 aromatic carbocycles. The van der Waals surface area contributed by atoms with Crippen molar-refractivity contribution in [3.63, 3.8) is 0 Å². The quantitative estimate of drug-likeness (QED) is 0.412. The fraction of sp³-hybridized carbons (Fsp3) is 0.667. The minimum Gasteiger partial charge on any atom is -0.303 e. The molecule has 0 aliphatic carbocycles. The highest BCUT2D eigenvalue weighted by molar-refractivity contribution is 7.96. The molecule has 2 nitrogen and oxygen atoms in total. The fourth-order valence-corrected chi connectivity index (χ4v) is 1.92. The van der Waals surface area contributed by atoms with Crippen LogP contribution in [-0.4, -0.2) is 11.4 Å². The molecule has 0 amide bonds. The van der Waals surface area contributed by atoms with Gasteiger partial charge in [0.1, 0.15) is 6.29 Å². The summed E-state index contributed by atoms with van der Waals surface area (Å²) in [6.07, 6.45) is 5.57. The predicted molar refractivity (Wildman–Crippen MR) is 66.1 cm³/mol. The summed E-state index contributed by atoms with van der Waals surface area (Å²) in [7, 11) is 0. The van der Waals surface area contributed by atoms with Crippen molar-refractivity contribution < 1.29 is 9.59 Å².